The number of benzene rings is 2. The van der Waals surface area contributed by atoms with E-state index in [1.807, 2.05) is 31.2 Å². The summed E-state index contributed by atoms with van der Waals surface area (Å²) in [7, 11) is 0. The largest absolute Gasteiger partial charge is 0.394 e. The Morgan fingerprint density at radius 1 is 1.16 bits per heavy atom. The molecule has 1 atom stereocenters. The number of rotatable bonds is 4. The molecule has 0 fully saturated rings. The molecule has 2 N–H and O–H groups in total. The Kier molecular flexibility index (Phi) is 4.22. The molecule has 0 aliphatic rings. The molecule has 0 amide bonds. The zero-order chi connectivity index (χ0) is 13.9. The highest BCUT2D eigenvalue weighted by molar-refractivity contribution is 9.10. The maximum atomic E-state index is 13.7. The third kappa shape index (κ3) is 3.14. The Bertz CT molecular complexity index is 558. The van der Waals surface area contributed by atoms with E-state index < -0.39 is 5.54 Å². The highest BCUT2D eigenvalue weighted by Crippen LogP contribution is 2.28. The molecule has 1 unspecified atom stereocenters. The first-order valence-electron chi connectivity index (χ1n) is 5.95. The van der Waals surface area contributed by atoms with Crippen molar-refractivity contribution in [1.82, 2.24) is 0 Å². The number of hydrogen-bond donors (Lipinski definition) is 2. The van der Waals surface area contributed by atoms with Crippen LogP contribution in [-0.2, 0) is 5.54 Å². The molecule has 0 saturated heterocycles. The van der Waals surface area contributed by atoms with Crippen LogP contribution in [0.5, 0.6) is 0 Å². The molecule has 0 heterocycles. The highest BCUT2D eigenvalue weighted by atomic mass is 79.9. The Morgan fingerprint density at radius 3 is 2.37 bits per heavy atom. The van der Waals surface area contributed by atoms with Crippen molar-refractivity contribution in [2.24, 2.45) is 0 Å². The second-order valence-corrected chi connectivity index (χ2v) is 5.52. The van der Waals surface area contributed by atoms with Crippen molar-refractivity contribution in [3.63, 3.8) is 0 Å². The summed E-state index contributed by atoms with van der Waals surface area (Å²) in [6.07, 6.45) is 0. The van der Waals surface area contributed by atoms with Gasteiger partial charge in [-0.2, -0.15) is 0 Å². The van der Waals surface area contributed by atoms with Crippen LogP contribution in [0.25, 0.3) is 0 Å². The van der Waals surface area contributed by atoms with E-state index >= 15 is 0 Å². The summed E-state index contributed by atoms with van der Waals surface area (Å²) in [6, 6.07) is 14.0. The van der Waals surface area contributed by atoms with Crippen LogP contribution in [0.15, 0.2) is 53.0 Å². The molecule has 0 bridgehead atoms. The molecule has 19 heavy (non-hydrogen) atoms. The number of aliphatic hydroxyl groups is 1. The molecule has 0 saturated carbocycles. The number of nitrogens with one attached hydrogen (secondary N) is 1. The fourth-order valence-corrected chi connectivity index (χ4v) is 2.14. The van der Waals surface area contributed by atoms with Gasteiger partial charge in [0.2, 0.25) is 0 Å². The number of halogens is 2. The van der Waals surface area contributed by atoms with Gasteiger partial charge in [0, 0.05) is 4.47 Å². The van der Waals surface area contributed by atoms with Crippen LogP contribution in [-0.4, -0.2) is 11.7 Å². The lowest BCUT2D eigenvalue weighted by Crippen LogP contribution is -2.36. The van der Waals surface area contributed by atoms with Crippen molar-refractivity contribution in [3.8, 4) is 0 Å². The molecule has 0 aliphatic heterocycles. The molecular weight excluding hydrogens is 309 g/mol. The fraction of sp³-hybridized carbons (Fsp3) is 0.200. The van der Waals surface area contributed by atoms with Crippen molar-refractivity contribution in [2.75, 3.05) is 11.9 Å². The summed E-state index contributed by atoms with van der Waals surface area (Å²) in [5, 5.41) is 12.7. The molecule has 0 aromatic heterocycles. The first-order chi connectivity index (χ1) is 9.05. The fourth-order valence-electron chi connectivity index (χ4n) is 1.88. The van der Waals surface area contributed by atoms with Crippen molar-refractivity contribution in [2.45, 2.75) is 12.5 Å². The maximum Gasteiger partial charge on any atom is 0.146 e. The van der Waals surface area contributed by atoms with Crippen molar-refractivity contribution < 1.29 is 9.50 Å². The van der Waals surface area contributed by atoms with Crippen LogP contribution in [0.4, 0.5) is 10.1 Å². The minimum absolute atomic E-state index is 0.136. The van der Waals surface area contributed by atoms with Gasteiger partial charge in [0.15, 0.2) is 0 Å². The molecule has 2 aromatic carbocycles. The van der Waals surface area contributed by atoms with Gasteiger partial charge >= 0.3 is 0 Å². The molecule has 0 radical (unpaired) electrons. The zero-order valence-electron chi connectivity index (χ0n) is 10.5. The summed E-state index contributed by atoms with van der Waals surface area (Å²) in [5.74, 6) is -0.334. The van der Waals surface area contributed by atoms with E-state index in [-0.39, 0.29) is 12.4 Å². The molecule has 2 nitrogen and oxygen atoms in total. The Morgan fingerprint density at radius 2 is 1.79 bits per heavy atom. The normalized spacial score (nSPS) is 13.9. The maximum absolute atomic E-state index is 13.7. The summed E-state index contributed by atoms with van der Waals surface area (Å²) >= 11 is 3.37. The smallest absolute Gasteiger partial charge is 0.146 e. The minimum Gasteiger partial charge on any atom is -0.394 e. The first-order valence-corrected chi connectivity index (χ1v) is 6.74. The number of para-hydroxylation sites is 1. The van der Waals surface area contributed by atoms with Crippen molar-refractivity contribution >= 4 is 21.6 Å². The second-order valence-electron chi connectivity index (χ2n) is 4.60. The van der Waals surface area contributed by atoms with Crippen LogP contribution in [0.1, 0.15) is 12.5 Å². The number of anilines is 1. The summed E-state index contributed by atoms with van der Waals surface area (Å²) in [5.41, 5.74) is 0.534. The average molecular weight is 324 g/mol. The summed E-state index contributed by atoms with van der Waals surface area (Å²) < 4.78 is 14.6. The van der Waals surface area contributed by atoms with E-state index in [0.717, 1.165) is 10.0 Å². The van der Waals surface area contributed by atoms with Gasteiger partial charge < -0.3 is 10.4 Å². The van der Waals surface area contributed by atoms with Crippen LogP contribution in [0.2, 0.25) is 0 Å². The molecule has 2 rings (SSSR count). The number of aliphatic hydroxyl groups excluding tert-OH is 1. The van der Waals surface area contributed by atoms with E-state index in [4.69, 9.17) is 0 Å². The van der Waals surface area contributed by atoms with E-state index in [2.05, 4.69) is 21.2 Å². The Balaban J connectivity index is 2.33. The van der Waals surface area contributed by atoms with Gasteiger partial charge in [-0.1, -0.05) is 40.2 Å². The monoisotopic (exact) mass is 323 g/mol. The molecule has 4 heteroatoms. The van der Waals surface area contributed by atoms with Crippen molar-refractivity contribution in [1.29, 1.82) is 0 Å². The Hall–Kier alpha value is -1.39. The van der Waals surface area contributed by atoms with Gasteiger partial charge in [0.25, 0.3) is 0 Å². The SMILES string of the molecule is CC(CO)(Nc1ccccc1F)c1ccc(Br)cc1. The second kappa shape index (κ2) is 5.72. The molecule has 100 valence electrons. The quantitative estimate of drug-likeness (QED) is 0.894. The summed E-state index contributed by atoms with van der Waals surface area (Å²) in [6.45, 7) is 1.70. The third-order valence-electron chi connectivity index (χ3n) is 3.08. The van der Waals surface area contributed by atoms with Crippen LogP contribution in [0, 0.1) is 5.82 Å². The molecule has 0 spiro atoms. The van der Waals surface area contributed by atoms with Crippen molar-refractivity contribution in [3.05, 3.63) is 64.4 Å². The highest BCUT2D eigenvalue weighted by Gasteiger charge is 2.26. The van der Waals surface area contributed by atoms with Gasteiger partial charge in [0.05, 0.1) is 17.8 Å². The third-order valence-corrected chi connectivity index (χ3v) is 3.61. The van der Waals surface area contributed by atoms with Gasteiger partial charge in [-0.05, 0) is 36.8 Å². The van der Waals surface area contributed by atoms with Crippen LogP contribution >= 0.6 is 15.9 Å². The van der Waals surface area contributed by atoms with E-state index in [1.54, 1.807) is 18.2 Å². The van der Waals surface area contributed by atoms with Gasteiger partial charge in [-0.25, -0.2) is 4.39 Å². The van der Waals surface area contributed by atoms with Crippen LogP contribution < -0.4 is 5.32 Å². The lowest BCUT2D eigenvalue weighted by Gasteiger charge is -2.30. The molecular formula is C15H15BrFNO. The topological polar surface area (TPSA) is 32.3 Å². The summed E-state index contributed by atoms with van der Waals surface area (Å²) in [4.78, 5) is 0. The van der Waals surface area contributed by atoms with Gasteiger partial charge in [0.1, 0.15) is 5.82 Å². The van der Waals surface area contributed by atoms with E-state index in [1.165, 1.54) is 6.07 Å². The van der Waals surface area contributed by atoms with Crippen LogP contribution in [0.3, 0.4) is 0 Å². The minimum atomic E-state index is -0.733. The lowest BCUT2D eigenvalue weighted by molar-refractivity contribution is 0.223. The van der Waals surface area contributed by atoms with E-state index in [9.17, 15) is 9.50 Å². The average Bonchev–Trinajstić information content (AvgIpc) is 2.42. The van der Waals surface area contributed by atoms with Gasteiger partial charge in [-0.3, -0.25) is 0 Å². The first kappa shape index (κ1) is 14.0. The predicted molar refractivity (Wildman–Crippen MR) is 78.6 cm³/mol. The Labute approximate surface area is 120 Å². The number of hydrogen-bond acceptors (Lipinski definition) is 2. The molecule has 2 aromatic rings. The lowest BCUT2D eigenvalue weighted by atomic mass is 9.92. The zero-order valence-corrected chi connectivity index (χ0v) is 12.1. The molecule has 0 aliphatic carbocycles. The predicted octanol–water partition coefficient (Wildman–Crippen LogP) is 3.91. The van der Waals surface area contributed by atoms with Gasteiger partial charge in [-0.15, -0.1) is 0 Å². The van der Waals surface area contributed by atoms with E-state index in [0.29, 0.717) is 5.69 Å². The standard InChI is InChI=1S/C15H15BrFNO/c1-15(10-19,11-6-8-12(16)9-7-11)18-14-5-3-2-4-13(14)17/h2-9,18-19H,10H2,1H3.